The van der Waals surface area contributed by atoms with E-state index in [1.165, 1.54) is 39.1 Å². The highest BCUT2D eigenvalue weighted by molar-refractivity contribution is 6.02. The lowest BCUT2D eigenvalue weighted by atomic mass is 9.82. The maximum Gasteiger partial charge on any atom is 0.197 e. The zero-order valence-electron chi connectivity index (χ0n) is 20.5. The van der Waals surface area contributed by atoms with Crippen LogP contribution in [0, 0.1) is 11.8 Å². The topological polar surface area (TPSA) is 18.5 Å². The molecule has 2 unspecified atom stereocenters. The van der Waals surface area contributed by atoms with Crippen LogP contribution in [0.15, 0.2) is 78.9 Å². The quantitative estimate of drug-likeness (QED) is 0.191. The largest absolute Gasteiger partial charge is 0.465 e. The highest BCUT2D eigenvalue weighted by Crippen LogP contribution is 2.33. The summed E-state index contributed by atoms with van der Waals surface area (Å²) in [6.07, 6.45) is 0.835. The minimum atomic E-state index is -0.347. The van der Waals surface area contributed by atoms with E-state index in [4.69, 9.17) is 9.47 Å². The third-order valence-electron chi connectivity index (χ3n) is 6.46. The Morgan fingerprint density at radius 2 is 1.33 bits per heavy atom. The number of hydrogen-bond acceptors (Lipinski definition) is 2. The summed E-state index contributed by atoms with van der Waals surface area (Å²) in [4.78, 5) is 0. The first-order valence-corrected chi connectivity index (χ1v) is 12.2. The van der Waals surface area contributed by atoms with Gasteiger partial charge in [-0.05, 0) is 82.0 Å². The highest BCUT2D eigenvalue weighted by Gasteiger charge is 2.18. The minimum Gasteiger partial charge on any atom is -0.465 e. The molecule has 0 heterocycles. The van der Waals surface area contributed by atoms with Crippen molar-refractivity contribution >= 4 is 21.5 Å². The van der Waals surface area contributed by atoms with Crippen LogP contribution < -0.4 is 4.74 Å². The van der Waals surface area contributed by atoms with E-state index in [1.54, 1.807) is 0 Å². The Kier molecular flexibility index (Phi) is 7.35. The number of fused-ring (bicyclic) bond motifs is 2. The average Bonchev–Trinajstić information content (AvgIpc) is 2.80. The summed E-state index contributed by atoms with van der Waals surface area (Å²) in [6, 6.07) is 27.9. The molecule has 2 atom stereocenters. The van der Waals surface area contributed by atoms with Gasteiger partial charge in [-0.25, -0.2) is 0 Å². The highest BCUT2D eigenvalue weighted by atomic mass is 16.7. The van der Waals surface area contributed by atoms with Gasteiger partial charge in [0.1, 0.15) is 5.75 Å². The molecule has 0 saturated heterocycles. The van der Waals surface area contributed by atoms with Crippen molar-refractivity contribution in [1.29, 1.82) is 0 Å². The summed E-state index contributed by atoms with van der Waals surface area (Å²) in [6.45, 7) is 11.7. The average molecular weight is 441 g/mol. The predicted molar refractivity (Wildman–Crippen MR) is 140 cm³/mol. The molecule has 0 aliphatic carbocycles. The van der Waals surface area contributed by atoms with E-state index in [2.05, 4.69) is 100 Å². The number of hydrogen-bond donors (Lipinski definition) is 0. The molecular formula is C31H36O2. The molecule has 0 aliphatic heterocycles. The Balaban J connectivity index is 1.51. The lowest BCUT2D eigenvalue weighted by Crippen LogP contribution is -2.17. The fourth-order valence-electron chi connectivity index (χ4n) is 4.81. The molecule has 2 nitrogen and oxygen atoms in total. The number of rotatable bonds is 9. The summed E-state index contributed by atoms with van der Waals surface area (Å²) in [5, 5.41) is 4.94. The molecule has 33 heavy (non-hydrogen) atoms. The van der Waals surface area contributed by atoms with Crippen LogP contribution in [0.2, 0.25) is 0 Å². The van der Waals surface area contributed by atoms with Crippen molar-refractivity contribution in [2.75, 3.05) is 0 Å². The van der Waals surface area contributed by atoms with Crippen LogP contribution in [0.5, 0.6) is 5.75 Å². The first kappa shape index (κ1) is 23.3. The predicted octanol–water partition coefficient (Wildman–Crippen LogP) is 8.72. The van der Waals surface area contributed by atoms with E-state index in [0.717, 1.165) is 5.75 Å². The third kappa shape index (κ3) is 5.57. The maximum atomic E-state index is 6.24. The van der Waals surface area contributed by atoms with E-state index in [1.807, 2.05) is 13.0 Å². The fraction of sp³-hybridized carbons (Fsp3) is 0.355. The van der Waals surface area contributed by atoms with Crippen LogP contribution in [0.25, 0.3) is 21.5 Å². The summed E-state index contributed by atoms with van der Waals surface area (Å²) in [5.74, 6) is 2.67. The van der Waals surface area contributed by atoms with Gasteiger partial charge >= 0.3 is 0 Å². The smallest absolute Gasteiger partial charge is 0.197 e. The van der Waals surface area contributed by atoms with Gasteiger partial charge in [0.05, 0.1) is 6.61 Å². The second kappa shape index (κ2) is 10.4. The molecule has 0 aliphatic rings. The monoisotopic (exact) mass is 440 g/mol. The summed E-state index contributed by atoms with van der Waals surface area (Å²) >= 11 is 0. The van der Waals surface area contributed by atoms with E-state index in [0.29, 0.717) is 24.4 Å². The Morgan fingerprint density at radius 1 is 0.697 bits per heavy atom. The van der Waals surface area contributed by atoms with Crippen molar-refractivity contribution in [1.82, 2.24) is 0 Å². The van der Waals surface area contributed by atoms with Gasteiger partial charge in [-0.3, -0.25) is 0 Å². The van der Waals surface area contributed by atoms with Gasteiger partial charge in [-0.2, -0.15) is 0 Å². The van der Waals surface area contributed by atoms with Gasteiger partial charge < -0.3 is 9.47 Å². The molecule has 0 N–H and O–H groups in total. The van der Waals surface area contributed by atoms with Crippen LogP contribution in [-0.2, 0) is 11.3 Å². The SMILES string of the molecule is CC(C)CC(c1cccc(OC(C)OCc2c3ccccc3cc3ccccc23)c1)C(C)C. The zero-order valence-corrected chi connectivity index (χ0v) is 20.5. The van der Waals surface area contributed by atoms with E-state index < -0.39 is 0 Å². The Morgan fingerprint density at radius 3 is 1.94 bits per heavy atom. The van der Waals surface area contributed by atoms with E-state index >= 15 is 0 Å². The summed E-state index contributed by atoms with van der Waals surface area (Å²) in [5.41, 5.74) is 2.56. The molecule has 4 rings (SSSR count). The van der Waals surface area contributed by atoms with Crippen molar-refractivity contribution < 1.29 is 9.47 Å². The Labute approximate surface area is 198 Å². The van der Waals surface area contributed by atoms with Gasteiger partial charge in [0, 0.05) is 0 Å². The normalized spacial score (nSPS) is 13.7. The molecule has 0 spiro atoms. The molecule has 2 heteroatoms. The Hall–Kier alpha value is -2.84. The van der Waals surface area contributed by atoms with Gasteiger partial charge in [0.2, 0.25) is 0 Å². The molecule has 0 fully saturated rings. The Bertz CT molecular complexity index is 1150. The molecule has 0 bridgehead atoms. The lowest BCUT2D eigenvalue weighted by Gasteiger charge is -2.24. The first-order valence-electron chi connectivity index (χ1n) is 12.2. The van der Waals surface area contributed by atoms with Crippen LogP contribution in [0.4, 0.5) is 0 Å². The second-order valence-electron chi connectivity index (χ2n) is 9.85. The van der Waals surface area contributed by atoms with Gasteiger partial charge in [-0.1, -0.05) is 88.4 Å². The molecule has 0 aromatic heterocycles. The van der Waals surface area contributed by atoms with Crippen molar-refractivity contribution in [3.05, 3.63) is 90.0 Å². The molecular weight excluding hydrogens is 404 g/mol. The molecule has 0 saturated carbocycles. The van der Waals surface area contributed by atoms with E-state index in [-0.39, 0.29) is 6.29 Å². The standard InChI is InChI=1S/C31H36O2/c1-21(2)17-30(22(3)4)26-13-10-14-27(19-26)33-23(5)32-20-31-28-15-8-6-11-24(28)18-25-12-7-9-16-29(25)31/h6-16,18-19,21-23,30H,17,20H2,1-5H3. The zero-order chi connectivity index (χ0) is 23.4. The van der Waals surface area contributed by atoms with Crippen molar-refractivity contribution in [3.8, 4) is 5.75 Å². The fourth-order valence-corrected chi connectivity index (χ4v) is 4.81. The molecule has 0 amide bonds. The summed E-state index contributed by atoms with van der Waals surface area (Å²) in [7, 11) is 0. The maximum absolute atomic E-state index is 6.24. The molecule has 4 aromatic carbocycles. The first-order chi connectivity index (χ1) is 15.9. The lowest BCUT2D eigenvalue weighted by molar-refractivity contribution is -0.0752. The van der Waals surface area contributed by atoms with E-state index in [9.17, 15) is 0 Å². The second-order valence-corrected chi connectivity index (χ2v) is 9.85. The molecule has 4 aromatic rings. The summed E-state index contributed by atoms with van der Waals surface area (Å²) < 4.78 is 12.5. The van der Waals surface area contributed by atoms with Crippen molar-refractivity contribution in [3.63, 3.8) is 0 Å². The van der Waals surface area contributed by atoms with Crippen LogP contribution in [-0.4, -0.2) is 6.29 Å². The minimum absolute atomic E-state index is 0.347. The van der Waals surface area contributed by atoms with Gasteiger partial charge in [-0.15, -0.1) is 0 Å². The van der Waals surface area contributed by atoms with Crippen molar-refractivity contribution in [2.24, 2.45) is 11.8 Å². The third-order valence-corrected chi connectivity index (χ3v) is 6.46. The van der Waals surface area contributed by atoms with Crippen LogP contribution in [0.1, 0.15) is 58.1 Å². The van der Waals surface area contributed by atoms with Gasteiger partial charge in [0.15, 0.2) is 6.29 Å². The van der Waals surface area contributed by atoms with Crippen LogP contribution in [0.3, 0.4) is 0 Å². The molecule has 0 radical (unpaired) electrons. The van der Waals surface area contributed by atoms with Gasteiger partial charge in [0.25, 0.3) is 0 Å². The van der Waals surface area contributed by atoms with Crippen molar-refractivity contribution in [2.45, 2.75) is 59.9 Å². The van der Waals surface area contributed by atoms with Crippen LogP contribution >= 0.6 is 0 Å². The number of ether oxygens (including phenoxy) is 2. The molecule has 172 valence electrons. The number of benzene rings is 4.